The van der Waals surface area contributed by atoms with Gasteiger partial charge in [0.15, 0.2) is 11.5 Å². The van der Waals surface area contributed by atoms with Crippen LogP contribution in [0.15, 0.2) is 42.5 Å². The minimum atomic E-state index is 0.467. The van der Waals surface area contributed by atoms with E-state index in [1.807, 2.05) is 18.2 Å². The van der Waals surface area contributed by atoms with E-state index in [9.17, 15) is 0 Å². The number of hydrogen-bond donors (Lipinski definition) is 0. The lowest BCUT2D eigenvalue weighted by Gasteiger charge is -2.11. The molecule has 0 spiro atoms. The van der Waals surface area contributed by atoms with Crippen molar-refractivity contribution in [3.8, 4) is 11.5 Å². The van der Waals surface area contributed by atoms with Crippen LogP contribution in [0.2, 0.25) is 0 Å². The first-order valence-corrected chi connectivity index (χ1v) is 6.67. The van der Waals surface area contributed by atoms with Gasteiger partial charge >= 0.3 is 0 Å². The monoisotopic (exact) mass is 276 g/mol. The summed E-state index contributed by atoms with van der Waals surface area (Å²) in [5.74, 6) is 1.91. The van der Waals surface area contributed by atoms with E-state index in [0.717, 1.165) is 16.9 Å². The fourth-order valence-corrected chi connectivity index (χ4v) is 1.93. The predicted molar refractivity (Wildman–Crippen MR) is 78.1 cm³/mol. The molecule has 0 aliphatic heterocycles. The Morgan fingerprint density at radius 1 is 0.947 bits per heavy atom. The highest BCUT2D eigenvalue weighted by Crippen LogP contribution is 2.29. The molecule has 100 valence electrons. The smallest absolute Gasteiger partial charge is 0.161 e. The number of halogens is 1. The lowest BCUT2D eigenvalue weighted by molar-refractivity contribution is 0.284. The SMILES string of the molecule is COc1cc(CCl)ccc1OCc1ccc(C)cc1. The average Bonchev–Trinajstić information content (AvgIpc) is 2.46. The van der Waals surface area contributed by atoms with Crippen LogP contribution in [-0.4, -0.2) is 7.11 Å². The Morgan fingerprint density at radius 3 is 2.26 bits per heavy atom. The van der Waals surface area contributed by atoms with Gasteiger partial charge in [-0.3, -0.25) is 0 Å². The molecule has 0 aliphatic carbocycles. The topological polar surface area (TPSA) is 18.5 Å². The summed E-state index contributed by atoms with van der Waals surface area (Å²) in [6.07, 6.45) is 0. The van der Waals surface area contributed by atoms with Crippen LogP contribution in [0, 0.1) is 6.92 Å². The quantitative estimate of drug-likeness (QED) is 0.757. The molecule has 0 atom stereocenters. The van der Waals surface area contributed by atoms with Gasteiger partial charge in [-0.2, -0.15) is 0 Å². The van der Waals surface area contributed by atoms with Crippen molar-refractivity contribution < 1.29 is 9.47 Å². The van der Waals surface area contributed by atoms with Gasteiger partial charge in [-0.25, -0.2) is 0 Å². The van der Waals surface area contributed by atoms with Gasteiger partial charge in [0, 0.05) is 5.88 Å². The zero-order valence-corrected chi connectivity index (χ0v) is 11.9. The minimum absolute atomic E-state index is 0.467. The van der Waals surface area contributed by atoms with Crippen molar-refractivity contribution >= 4 is 11.6 Å². The number of aryl methyl sites for hydroxylation is 1. The summed E-state index contributed by atoms with van der Waals surface area (Å²) in [5.41, 5.74) is 3.39. The molecular weight excluding hydrogens is 260 g/mol. The predicted octanol–water partition coefficient (Wildman–Crippen LogP) is 4.32. The minimum Gasteiger partial charge on any atom is -0.493 e. The molecule has 0 saturated carbocycles. The highest BCUT2D eigenvalue weighted by molar-refractivity contribution is 6.17. The molecule has 0 fully saturated rings. The molecule has 0 bridgehead atoms. The Kier molecular flexibility index (Phi) is 4.69. The second kappa shape index (κ2) is 6.48. The Balaban J connectivity index is 2.08. The van der Waals surface area contributed by atoms with E-state index in [1.54, 1.807) is 7.11 Å². The van der Waals surface area contributed by atoms with Gasteiger partial charge in [0.25, 0.3) is 0 Å². The summed E-state index contributed by atoms with van der Waals surface area (Å²) < 4.78 is 11.1. The first kappa shape index (κ1) is 13.8. The van der Waals surface area contributed by atoms with Crippen molar-refractivity contribution in [3.63, 3.8) is 0 Å². The summed E-state index contributed by atoms with van der Waals surface area (Å²) in [7, 11) is 1.63. The van der Waals surface area contributed by atoms with Gasteiger partial charge < -0.3 is 9.47 Å². The second-order valence-electron chi connectivity index (χ2n) is 4.39. The highest BCUT2D eigenvalue weighted by atomic mass is 35.5. The summed E-state index contributed by atoms with van der Waals surface area (Å²) >= 11 is 5.80. The third-order valence-corrected chi connectivity index (χ3v) is 3.21. The fourth-order valence-electron chi connectivity index (χ4n) is 1.76. The lowest BCUT2D eigenvalue weighted by atomic mass is 10.2. The first-order valence-electron chi connectivity index (χ1n) is 6.14. The van der Waals surface area contributed by atoms with Crippen molar-refractivity contribution in [2.45, 2.75) is 19.4 Å². The van der Waals surface area contributed by atoms with Crippen molar-refractivity contribution in [1.29, 1.82) is 0 Å². The Labute approximate surface area is 118 Å². The van der Waals surface area contributed by atoms with Gasteiger partial charge in [-0.05, 0) is 30.2 Å². The molecule has 19 heavy (non-hydrogen) atoms. The Hall–Kier alpha value is -1.67. The number of rotatable bonds is 5. The summed E-state index contributed by atoms with van der Waals surface area (Å²) in [4.78, 5) is 0. The van der Waals surface area contributed by atoms with Crippen LogP contribution < -0.4 is 9.47 Å². The van der Waals surface area contributed by atoms with Crippen LogP contribution in [0.1, 0.15) is 16.7 Å². The number of ether oxygens (including phenoxy) is 2. The number of methoxy groups -OCH3 is 1. The van der Waals surface area contributed by atoms with E-state index in [-0.39, 0.29) is 0 Å². The van der Waals surface area contributed by atoms with Crippen molar-refractivity contribution in [2.24, 2.45) is 0 Å². The van der Waals surface area contributed by atoms with E-state index >= 15 is 0 Å². The number of benzene rings is 2. The van der Waals surface area contributed by atoms with Crippen LogP contribution in [0.4, 0.5) is 0 Å². The molecule has 0 unspecified atom stereocenters. The van der Waals surface area contributed by atoms with Crippen LogP contribution in [0.25, 0.3) is 0 Å². The van der Waals surface area contributed by atoms with Crippen LogP contribution in [0.3, 0.4) is 0 Å². The third-order valence-electron chi connectivity index (χ3n) is 2.90. The number of alkyl halides is 1. The van der Waals surface area contributed by atoms with Gasteiger partial charge in [0.05, 0.1) is 7.11 Å². The summed E-state index contributed by atoms with van der Waals surface area (Å²) in [5, 5.41) is 0. The molecule has 0 aromatic heterocycles. The summed E-state index contributed by atoms with van der Waals surface area (Å²) in [6, 6.07) is 14.0. The van der Waals surface area contributed by atoms with Gasteiger partial charge in [0.2, 0.25) is 0 Å². The third kappa shape index (κ3) is 3.65. The van der Waals surface area contributed by atoms with E-state index < -0.39 is 0 Å². The van der Waals surface area contributed by atoms with E-state index in [2.05, 4.69) is 31.2 Å². The molecule has 0 aliphatic rings. The molecule has 0 N–H and O–H groups in total. The molecule has 0 heterocycles. The summed E-state index contributed by atoms with van der Waals surface area (Å²) in [6.45, 7) is 2.59. The maximum absolute atomic E-state index is 5.80. The molecular formula is C16H17ClO2. The van der Waals surface area contributed by atoms with Crippen molar-refractivity contribution in [3.05, 3.63) is 59.2 Å². The Bertz CT molecular complexity index is 535. The molecule has 3 heteroatoms. The molecule has 2 aromatic carbocycles. The van der Waals surface area contributed by atoms with Gasteiger partial charge in [0.1, 0.15) is 6.61 Å². The molecule has 0 radical (unpaired) electrons. The van der Waals surface area contributed by atoms with Gasteiger partial charge in [-0.1, -0.05) is 35.9 Å². The zero-order valence-electron chi connectivity index (χ0n) is 11.2. The van der Waals surface area contributed by atoms with Crippen LogP contribution in [-0.2, 0) is 12.5 Å². The van der Waals surface area contributed by atoms with Gasteiger partial charge in [-0.15, -0.1) is 11.6 Å². The highest BCUT2D eigenvalue weighted by Gasteiger charge is 2.05. The largest absolute Gasteiger partial charge is 0.493 e. The van der Waals surface area contributed by atoms with E-state index in [0.29, 0.717) is 18.2 Å². The standard InChI is InChI=1S/C16H17ClO2/c1-12-3-5-13(6-4-12)11-19-15-8-7-14(10-17)9-16(15)18-2/h3-9H,10-11H2,1-2H3. The fraction of sp³-hybridized carbons (Fsp3) is 0.250. The first-order chi connectivity index (χ1) is 9.22. The molecule has 2 nitrogen and oxygen atoms in total. The molecule has 2 rings (SSSR count). The van der Waals surface area contributed by atoms with Crippen LogP contribution in [0.5, 0.6) is 11.5 Å². The normalized spacial score (nSPS) is 10.3. The zero-order chi connectivity index (χ0) is 13.7. The average molecular weight is 277 g/mol. The lowest BCUT2D eigenvalue weighted by Crippen LogP contribution is -1.98. The maximum Gasteiger partial charge on any atom is 0.161 e. The van der Waals surface area contributed by atoms with Crippen molar-refractivity contribution in [1.82, 2.24) is 0 Å². The Morgan fingerprint density at radius 2 is 1.63 bits per heavy atom. The van der Waals surface area contributed by atoms with E-state index in [4.69, 9.17) is 21.1 Å². The van der Waals surface area contributed by atoms with Crippen LogP contribution >= 0.6 is 11.6 Å². The maximum atomic E-state index is 5.80. The molecule has 2 aromatic rings. The van der Waals surface area contributed by atoms with E-state index in [1.165, 1.54) is 5.56 Å². The second-order valence-corrected chi connectivity index (χ2v) is 4.66. The molecule has 0 saturated heterocycles. The number of hydrogen-bond acceptors (Lipinski definition) is 2. The van der Waals surface area contributed by atoms with Crippen molar-refractivity contribution in [2.75, 3.05) is 7.11 Å². The molecule has 0 amide bonds.